The maximum absolute atomic E-state index is 12.3. The Morgan fingerprint density at radius 2 is 2.16 bits per heavy atom. The zero-order valence-corrected chi connectivity index (χ0v) is 14.2. The van der Waals surface area contributed by atoms with Gasteiger partial charge in [0.25, 0.3) is 5.91 Å². The molecule has 3 saturated heterocycles. The largest absolute Gasteiger partial charge is 0.418 e. The molecule has 3 amide bonds. The molecule has 142 valence electrons. The van der Waals surface area contributed by atoms with Gasteiger partial charge in [0, 0.05) is 32.2 Å². The lowest BCUT2D eigenvalue weighted by Gasteiger charge is -2.29. The summed E-state index contributed by atoms with van der Waals surface area (Å²) in [5.41, 5.74) is 2.34. The minimum Gasteiger partial charge on any atom is -0.314 e. The van der Waals surface area contributed by atoms with E-state index in [0.717, 1.165) is 19.6 Å². The maximum Gasteiger partial charge on any atom is 0.418 e. The highest BCUT2D eigenvalue weighted by Gasteiger charge is 2.49. The summed E-state index contributed by atoms with van der Waals surface area (Å²) >= 11 is 0. The number of amides is 3. The minimum absolute atomic E-state index is 0.0804. The molecule has 25 heavy (non-hydrogen) atoms. The van der Waals surface area contributed by atoms with Crippen LogP contribution in [-0.2, 0) is 24.3 Å². The Hall–Kier alpha value is -1.51. The molecule has 0 aliphatic carbocycles. The van der Waals surface area contributed by atoms with Crippen molar-refractivity contribution < 1.29 is 31.7 Å². The SMILES string of the molecule is O=C(NOCC1CNCCN1)[C@@H]1CCC2CN1C(=O)N2OS(=O)(=O)O. The van der Waals surface area contributed by atoms with Gasteiger partial charge in [-0.25, -0.2) is 10.3 Å². The summed E-state index contributed by atoms with van der Waals surface area (Å²) in [5, 5.41) is 7.02. The van der Waals surface area contributed by atoms with Gasteiger partial charge < -0.3 is 15.5 Å². The highest BCUT2D eigenvalue weighted by atomic mass is 32.3. The Balaban J connectivity index is 1.51. The second kappa shape index (κ2) is 7.39. The van der Waals surface area contributed by atoms with Crippen molar-refractivity contribution in [2.45, 2.75) is 31.0 Å². The molecule has 3 fully saturated rings. The van der Waals surface area contributed by atoms with Crippen LogP contribution in [0, 0.1) is 0 Å². The average molecular weight is 379 g/mol. The molecule has 0 saturated carbocycles. The van der Waals surface area contributed by atoms with E-state index in [-0.39, 0.29) is 19.2 Å². The Bertz CT molecular complexity index is 623. The van der Waals surface area contributed by atoms with Gasteiger partial charge in [-0.2, -0.15) is 13.5 Å². The summed E-state index contributed by atoms with van der Waals surface area (Å²) in [4.78, 5) is 30.9. The smallest absolute Gasteiger partial charge is 0.314 e. The van der Waals surface area contributed by atoms with E-state index in [4.69, 9.17) is 9.39 Å². The minimum atomic E-state index is -4.80. The van der Waals surface area contributed by atoms with Crippen LogP contribution in [0.5, 0.6) is 0 Å². The van der Waals surface area contributed by atoms with E-state index in [2.05, 4.69) is 20.4 Å². The number of fused-ring (bicyclic) bond motifs is 2. The molecule has 0 spiro atoms. The molecule has 0 aromatic rings. The number of rotatable bonds is 6. The van der Waals surface area contributed by atoms with Crippen molar-refractivity contribution in [3.63, 3.8) is 0 Å². The number of carbonyl (C=O) groups is 2. The molecule has 2 bridgehead atoms. The number of carbonyl (C=O) groups excluding carboxylic acids is 2. The first kappa shape index (κ1) is 18.3. The number of urea groups is 1. The fourth-order valence-electron chi connectivity index (χ4n) is 3.22. The topological polar surface area (TPSA) is 150 Å². The van der Waals surface area contributed by atoms with Crippen molar-refractivity contribution in [3.05, 3.63) is 0 Å². The van der Waals surface area contributed by atoms with Crippen molar-refractivity contribution >= 4 is 22.3 Å². The Labute approximate surface area is 144 Å². The van der Waals surface area contributed by atoms with Gasteiger partial charge in [-0.3, -0.25) is 14.2 Å². The van der Waals surface area contributed by atoms with Crippen LogP contribution in [0.25, 0.3) is 0 Å². The van der Waals surface area contributed by atoms with Gasteiger partial charge in [-0.15, -0.1) is 4.28 Å². The first-order valence-electron chi connectivity index (χ1n) is 7.98. The zero-order valence-electron chi connectivity index (χ0n) is 13.4. The molecule has 3 aliphatic rings. The fourth-order valence-corrected chi connectivity index (χ4v) is 3.60. The Kier molecular flexibility index (Phi) is 5.41. The number of nitrogens with one attached hydrogen (secondary N) is 3. The first-order valence-corrected chi connectivity index (χ1v) is 9.34. The van der Waals surface area contributed by atoms with E-state index in [9.17, 15) is 18.0 Å². The lowest BCUT2D eigenvalue weighted by molar-refractivity contribution is -0.139. The summed E-state index contributed by atoms with van der Waals surface area (Å²) in [6.07, 6.45) is 0.699. The predicted octanol–water partition coefficient (Wildman–Crippen LogP) is -2.40. The van der Waals surface area contributed by atoms with Crippen LogP contribution in [0.15, 0.2) is 0 Å². The highest BCUT2D eigenvalue weighted by Crippen LogP contribution is 2.30. The Morgan fingerprint density at radius 1 is 1.36 bits per heavy atom. The van der Waals surface area contributed by atoms with Gasteiger partial charge in [-0.05, 0) is 12.8 Å². The molecule has 3 atom stereocenters. The molecular formula is C12H21N5O7S. The van der Waals surface area contributed by atoms with Gasteiger partial charge >= 0.3 is 16.4 Å². The van der Waals surface area contributed by atoms with E-state index in [0.29, 0.717) is 17.9 Å². The van der Waals surface area contributed by atoms with E-state index >= 15 is 0 Å². The van der Waals surface area contributed by atoms with Crippen LogP contribution >= 0.6 is 0 Å². The number of piperazine rings is 1. The van der Waals surface area contributed by atoms with Crippen molar-refractivity contribution in [3.8, 4) is 0 Å². The third-order valence-corrected chi connectivity index (χ3v) is 4.73. The summed E-state index contributed by atoms with van der Waals surface area (Å²) in [6.45, 7) is 2.84. The lowest BCUT2D eigenvalue weighted by Crippen LogP contribution is -2.53. The van der Waals surface area contributed by atoms with Crippen molar-refractivity contribution in [2.24, 2.45) is 0 Å². The molecule has 0 aromatic heterocycles. The fraction of sp³-hybridized carbons (Fsp3) is 0.833. The van der Waals surface area contributed by atoms with Crippen LogP contribution in [0.4, 0.5) is 4.79 Å². The summed E-state index contributed by atoms with van der Waals surface area (Å²) in [7, 11) is -4.80. The molecule has 12 nitrogen and oxygen atoms in total. The second-order valence-electron chi connectivity index (χ2n) is 6.14. The predicted molar refractivity (Wildman–Crippen MR) is 82.1 cm³/mol. The first-order chi connectivity index (χ1) is 11.8. The normalized spacial score (nSPS) is 29.8. The molecule has 2 unspecified atom stereocenters. The number of hydrogen-bond donors (Lipinski definition) is 4. The lowest BCUT2D eigenvalue weighted by atomic mass is 10.0. The van der Waals surface area contributed by atoms with Gasteiger partial charge in [0.1, 0.15) is 6.04 Å². The zero-order chi connectivity index (χ0) is 18.0. The van der Waals surface area contributed by atoms with E-state index in [1.165, 1.54) is 4.90 Å². The third kappa shape index (κ3) is 4.37. The Morgan fingerprint density at radius 3 is 2.84 bits per heavy atom. The van der Waals surface area contributed by atoms with Crippen LogP contribution in [0.1, 0.15) is 12.8 Å². The monoisotopic (exact) mass is 379 g/mol. The average Bonchev–Trinajstić information content (AvgIpc) is 2.79. The van der Waals surface area contributed by atoms with E-state index < -0.39 is 34.4 Å². The van der Waals surface area contributed by atoms with Gasteiger partial charge in [-0.1, -0.05) is 0 Å². The standard InChI is InChI=1S/C12H21N5O7S/c18-11(15-23-7-8-5-13-3-4-14-8)10-2-1-9-6-16(10)12(19)17(9)24-25(20,21)22/h8-10,13-14H,1-7H2,(H,15,18)(H,20,21,22)/t8?,9?,10-/m0/s1. The van der Waals surface area contributed by atoms with Crippen LogP contribution < -0.4 is 16.1 Å². The molecular weight excluding hydrogens is 358 g/mol. The number of hydrogen-bond acceptors (Lipinski definition) is 8. The van der Waals surface area contributed by atoms with Crippen LogP contribution in [0.3, 0.4) is 0 Å². The van der Waals surface area contributed by atoms with Gasteiger partial charge in [0.2, 0.25) is 0 Å². The molecule has 0 aromatic carbocycles. The molecule has 13 heteroatoms. The molecule has 3 heterocycles. The number of hydroxylamine groups is 3. The quantitative estimate of drug-likeness (QED) is 0.292. The van der Waals surface area contributed by atoms with E-state index in [1.807, 2.05) is 0 Å². The van der Waals surface area contributed by atoms with Crippen molar-refractivity contribution in [1.82, 2.24) is 26.1 Å². The van der Waals surface area contributed by atoms with Gasteiger partial charge in [0.15, 0.2) is 0 Å². The maximum atomic E-state index is 12.3. The summed E-state index contributed by atoms with van der Waals surface area (Å²) in [6, 6.07) is -2.01. The number of nitrogens with zero attached hydrogens (tertiary/aromatic N) is 2. The summed E-state index contributed by atoms with van der Waals surface area (Å²) in [5.74, 6) is -0.482. The van der Waals surface area contributed by atoms with E-state index in [1.54, 1.807) is 0 Å². The summed E-state index contributed by atoms with van der Waals surface area (Å²) < 4.78 is 34.7. The number of piperidine rings is 1. The van der Waals surface area contributed by atoms with Crippen LogP contribution in [-0.4, -0.2) is 85.8 Å². The van der Waals surface area contributed by atoms with Crippen molar-refractivity contribution in [2.75, 3.05) is 32.8 Å². The molecule has 3 aliphatic heterocycles. The second-order valence-corrected chi connectivity index (χ2v) is 7.15. The molecule has 0 radical (unpaired) electrons. The van der Waals surface area contributed by atoms with Crippen LogP contribution in [0.2, 0.25) is 0 Å². The highest BCUT2D eigenvalue weighted by molar-refractivity contribution is 7.80. The molecule has 3 rings (SSSR count). The molecule has 4 N–H and O–H groups in total. The third-order valence-electron chi connectivity index (χ3n) is 4.38. The van der Waals surface area contributed by atoms with Crippen molar-refractivity contribution in [1.29, 1.82) is 0 Å². The van der Waals surface area contributed by atoms with Gasteiger partial charge in [0.05, 0.1) is 12.6 Å².